The lowest BCUT2D eigenvalue weighted by atomic mass is 10.4. The predicted molar refractivity (Wildman–Crippen MR) is 67.3 cm³/mol. The van der Waals surface area contributed by atoms with Crippen LogP contribution in [0.2, 0.25) is 0 Å². The third kappa shape index (κ3) is 12.3. The van der Waals surface area contributed by atoms with Gasteiger partial charge in [0.05, 0.1) is 27.7 Å². The van der Waals surface area contributed by atoms with Crippen molar-refractivity contribution in [1.82, 2.24) is 0 Å². The maximum absolute atomic E-state index is 11.4. The highest BCUT2D eigenvalue weighted by atomic mass is 31.2. The molecular formula is C10H23NO7P+. The molecule has 0 aliphatic heterocycles. The van der Waals surface area contributed by atoms with E-state index >= 15 is 0 Å². The Bertz CT molecular complexity index is 328. The Kier molecular flexibility index (Phi) is 7.73. The van der Waals surface area contributed by atoms with Crippen LogP contribution in [0.5, 0.6) is 0 Å². The van der Waals surface area contributed by atoms with Crippen LogP contribution in [0.4, 0.5) is 0 Å². The molecule has 0 aliphatic rings. The summed E-state index contributed by atoms with van der Waals surface area (Å²) in [6.07, 6.45) is -1.17. The molecule has 0 saturated carbocycles. The summed E-state index contributed by atoms with van der Waals surface area (Å²) in [4.78, 5) is 19.8. The zero-order valence-electron chi connectivity index (χ0n) is 11.7. The van der Waals surface area contributed by atoms with Crippen molar-refractivity contribution in [2.24, 2.45) is 0 Å². The Morgan fingerprint density at radius 1 is 1.26 bits per heavy atom. The number of phosphoric acid groups is 1. The number of carbonyl (C=O) groups excluding carboxylic acids is 1. The highest BCUT2D eigenvalue weighted by Crippen LogP contribution is 2.43. The van der Waals surface area contributed by atoms with Crippen molar-refractivity contribution in [3.8, 4) is 0 Å². The zero-order valence-corrected chi connectivity index (χ0v) is 12.6. The number of likely N-dealkylation sites (N-methyl/N-ethyl adjacent to an activating group) is 1. The first-order valence-corrected chi connectivity index (χ1v) is 7.25. The van der Waals surface area contributed by atoms with E-state index < -0.39 is 26.5 Å². The molecule has 0 heterocycles. The molecule has 9 heteroatoms. The zero-order chi connectivity index (χ0) is 15.1. The van der Waals surface area contributed by atoms with Crippen molar-refractivity contribution >= 4 is 13.8 Å². The van der Waals surface area contributed by atoms with E-state index in [1.165, 1.54) is 6.92 Å². The number of quaternary nitrogens is 1. The lowest BCUT2D eigenvalue weighted by molar-refractivity contribution is -0.870. The largest absolute Gasteiger partial charge is 0.472 e. The number of carbonyl (C=O) groups is 1. The molecule has 0 fully saturated rings. The highest BCUT2D eigenvalue weighted by Gasteiger charge is 2.24. The van der Waals surface area contributed by atoms with Crippen LogP contribution in [0.1, 0.15) is 6.92 Å². The van der Waals surface area contributed by atoms with Crippen LogP contribution in [-0.2, 0) is 23.1 Å². The van der Waals surface area contributed by atoms with Crippen molar-refractivity contribution in [1.29, 1.82) is 0 Å². The smallest absolute Gasteiger partial charge is 0.463 e. The average Bonchev–Trinajstić information content (AvgIpc) is 2.21. The summed E-state index contributed by atoms with van der Waals surface area (Å²) in [5, 5.41) is 9.32. The molecule has 8 nitrogen and oxygen atoms in total. The average molecular weight is 300 g/mol. The number of esters is 1. The van der Waals surface area contributed by atoms with E-state index in [1.54, 1.807) is 0 Å². The maximum atomic E-state index is 11.4. The molecule has 0 rings (SSSR count). The van der Waals surface area contributed by atoms with E-state index in [0.29, 0.717) is 11.0 Å². The van der Waals surface area contributed by atoms with Crippen molar-refractivity contribution in [3.05, 3.63) is 0 Å². The molecule has 0 aromatic heterocycles. The van der Waals surface area contributed by atoms with Gasteiger partial charge in [0.2, 0.25) is 0 Å². The van der Waals surface area contributed by atoms with Gasteiger partial charge in [-0.3, -0.25) is 13.8 Å². The van der Waals surface area contributed by atoms with E-state index in [0.717, 1.165) is 0 Å². The van der Waals surface area contributed by atoms with Gasteiger partial charge in [-0.1, -0.05) is 0 Å². The molecule has 0 aromatic rings. The lowest BCUT2D eigenvalue weighted by Crippen LogP contribution is -2.37. The van der Waals surface area contributed by atoms with Gasteiger partial charge >= 0.3 is 13.8 Å². The number of hydrogen-bond acceptors (Lipinski definition) is 6. The van der Waals surface area contributed by atoms with E-state index in [1.807, 2.05) is 21.1 Å². The van der Waals surface area contributed by atoms with Gasteiger partial charge in [-0.25, -0.2) is 4.57 Å². The van der Waals surface area contributed by atoms with Crippen LogP contribution in [0, 0.1) is 0 Å². The molecule has 1 unspecified atom stereocenters. The van der Waals surface area contributed by atoms with Gasteiger partial charge in [0, 0.05) is 6.92 Å². The molecule has 0 radical (unpaired) electrons. The Hall–Kier alpha value is -0.500. The number of ether oxygens (including phenoxy) is 1. The van der Waals surface area contributed by atoms with E-state index in [4.69, 9.17) is 4.52 Å². The first-order valence-electron chi connectivity index (χ1n) is 5.75. The number of aliphatic hydroxyl groups is 1. The standard InChI is InChI=1S/C10H22NO7P/c1-9(12)16-7-10(13)8-18-19(14,15)17-6-5-11(2,3)4/h10,13H,5-8H2,1-4H3/p+1/t10-/m0/s1. The number of nitrogens with zero attached hydrogens (tertiary/aromatic N) is 1. The molecule has 19 heavy (non-hydrogen) atoms. The number of phosphoric ester groups is 1. The number of aliphatic hydroxyl groups excluding tert-OH is 1. The molecule has 0 bridgehead atoms. The Balaban J connectivity index is 3.89. The van der Waals surface area contributed by atoms with Gasteiger partial charge < -0.3 is 19.2 Å². The molecule has 0 saturated heterocycles. The Morgan fingerprint density at radius 3 is 2.32 bits per heavy atom. The van der Waals surface area contributed by atoms with Crippen LogP contribution in [0.15, 0.2) is 0 Å². The van der Waals surface area contributed by atoms with Gasteiger partial charge in [-0.2, -0.15) is 0 Å². The number of hydrogen-bond donors (Lipinski definition) is 2. The van der Waals surface area contributed by atoms with Gasteiger partial charge in [0.1, 0.15) is 25.9 Å². The molecule has 0 amide bonds. The first kappa shape index (κ1) is 18.5. The third-order valence-electron chi connectivity index (χ3n) is 1.93. The molecule has 0 aliphatic carbocycles. The van der Waals surface area contributed by atoms with Crippen LogP contribution in [0.25, 0.3) is 0 Å². The predicted octanol–water partition coefficient (Wildman–Crippen LogP) is -0.250. The fraction of sp³-hybridized carbons (Fsp3) is 0.900. The number of rotatable bonds is 9. The van der Waals surface area contributed by atoms with Crippen LogP contribution in [-0.4, -0.2) is 74.1 Å². The summed E-state index contributed by atoms with van der Waals surface area (Å²) >= 11 is 0. The normalized spacial score (nSPS) is 16.7. The van der Waals surface area contributed by atoms with Crippen molar-refractivity contribution in [2.75, 3.05) is 47.5 Å². The summed E-state index contributed by atoms with van der Waals surface area (Å²) in [5.74, 6) is -0.551. The summed E-state index contributed by atoms with van der Waals surface area (Å²) < 4.78 is 25.8. The lowest BCUT2D eigenvalue weighted by Gasteiger charge is -2.24. The molecule has 2 N–H and O–H groups in total. The van der Waals surface area contributed by atoms with Crippen molar-refractivity contribution in [2.45, 2.75) is 13.0 Å². The second-order valence-corrected chi connectivity index (χ2v) is 6.52. The van der Waals surface area contributed by atoms with Gasteiger partial charge in [-0.05, 0) is 0 Å². The molecule has 0 aromatic carbocycles. The molecule has 114 valence electrons. The summed E-state index contributed by atoms with van der Waals surface area (Å²) in [5.41, 5.74) is 0. The Labute approximate surface area is 113 Å². The van der Waals surface area contributed by atoms with Gasteiger partial charge in [0.25, 0.3) is 0 Å². The second kappa shape index (κ2) is 7.94. The quantitative estimate of drug-likeness (QED) is 0.344. The maximum Gasteiger partial charge on any atom is 0.472 e. The SMILES string of the molecule is CC(=O)OC[C@H](O)COP(=O)(O)OCC[N+](C)(C)C. The molecular weight excluding hydrogens is 277 g/mol. The second-order valence-electron chi connectivity index (χ2n) is 5.07. The minimum atomic E-state index is -4.19. The van der Waals surface area contributed by atoms with Gasteiger partial charge in [-0.15, -0.1) is 0 Å². The van der Waals surface area contributed by atoms with E-state index in [2.05, 4.69) is 9.26 Å². The topological polar surface area (TPSA) is 102 Å². The molecule has 2 atom stereocenters. The molecule has 0 spiro atoms. The van der Waals surface area contributed by atoms with Crippen LogP contribution in [0.3, 0.4) is 0 Å². The van der Waals surface area contributed by atoms with Crippen molar-refractivity contribution < 1.29 is 37.6 Å². The fourth-order valence-electron chi connectivity index (χ4n) is 0.909. The monoisotopic (exact) mass is 300 g/mol. The first-order chi connectivity index (χ1) is 8.52. The Morgan fingerprint density at radius 2 is 1.84 bits per heavy atom. The van der Waals surface area contributed by atoms with Crippen molar-refractivity contribution in [3.63, 3.8) is 0 Å². The van der Waals surface area contributed by atoms with E-state index in [9.17, 15) is 19.4 Å². The minimum Gasteiger partial charge on any atom is -0.463 e. The van der Waals surface area contributed by atoms with Gasteiger partial charge in [0.15, 0.2) is 0 Å². The summed E-state index contributed by atoms with van der Waals surface area (Å²) in [6.45, 7) is 1.03. The summed E-state index contributed by atoms with van der Waals surface area (Å²) in [6, 6.07) is 0. The van der Waals surface area contributed by atoms with Crippen LogP contribution < -0.4 is 0 Å². The van der Waals surface area contributed by atoms with E-state index in [-0.39, 0.29) is 13.2 Å². The fourth-order valence-corrected chi connectivity index (χ4v) is 1.66. The third-order valence-corrected chi connectivity index (χ3v) is 2.91. The summed E-state index contributed by atoms with van der Waals surface area (Å²) in [7, 11) is 1.55. The highest BCUT2D eigenvalue weighted by molar-refractivity contribution is 7.47. The van der Waals surface area contributed by atoms with Crippen LogP contribution >= 0.6 is 7.82 Å². The minimum absolute atomic E-state index is 0.0529.